The number of anilines is 1. The van der Waals surface area contributed by atoms with Crippen molar-refractivity contribution in [3.8, 4) is 5.75 Å². The fourth-order valence-corrected chi connectivity index (χ4v) is 1.99. The van der Waals surface area contributed by atoms with Crippen molar-refractivity contribution in [1.29, 1.82) is 0 Å². The standard InChI is InChI=1S/C19H20FNO4/c1-12(2)24-19(23)14-4-8-16(9-5-14)21-18(22)13(3)25-17-10-6-15(20)7-11-17/h4-13H,1-3H3,(H,21,22). The van der Waals surface area contributed by atoms with E-state index in [4.69, 9.17) is 9.47 Å². The number of halogens is 1. The number of benzene rings is 2. The summed E-state index contributed by atoms with van der Waals surface area (Å²) in [5.41, 5.74) is 0.933. The number of amides is 1. The lowest BCUT2D eigenvalue weighted by Crippen LogP contribution is -2.30. The highest BCUT2D eigenvalue weighted by Gasteiger charge is 2.15. The Labute approximate surface area is 145 Å². The number of hydrogen-bond acceptors (Lipinski definition) is 4. The molecule has 6 heteroatoms. The molecule has 0 aliphatic carbocycles. The highest BCUT2D eigenvalue weighted by atomic mass is 19.1. The van der Waals surface area contributed by atoms with E-state index in [1.165, 1.54) is 24.3 Å². The minimum atomic E-state index is -0.768. The number of hydrogen-bond donors (Lipinski definition) is 1. The van der Waals surface area contributed by atoms with Crippen molar-refractivity contribution in [2.24, 2.45) is 0 Å². The molecule has 0 aromatic heterocycles. The molecule has 0 aliphatic heterocycles. The molecule has 0 radical (unpaired) electrons. The Bertz CT molecular complexity index is 726. The largest absolute Gasteiger partial charge is 0.481 e. The molecule has 0 bridgehead atoms. The van der Waals surface area contributed by atoms with Gasteiger partial charge in [0.1, 0.15) is 11.6 Å². The maximum Gasteiger partial charge on any atom is 0.338 e. The van der Waals surface area contributed by atoms with Crippen LogP contribution in [-0.4, -0.2) is 24.1 Å². The molecule has 2 rings (SSSR count). The molecule has 1 amide bonds. The fraction of sp³-hybridized carbons (Fsp3) is 0.263. The lowest BCUT2D eigenvalue weighted by atomic mass is 10.2. The topological polar surface area (TPSA) is 64.6 Å². The van der Waals surface area contributed by atoms with Crippen LogP contribution in [-0.2, 0) is 9.53 Å². The number of ether oxygens (including phenoxy) is 2. The van der Waals surface area contributed by atoms with Crippen LogP contribution >= 0.6 is 0 Å². The van der Waals surface area contributed by atoms with Gasteiger partial charge in [0.2, 0.25) is 0 Å². The van der Waals surface area contributed by atoms with E-state index in [1.807, 2.05) is 0 Å². The first-order valence-electron chi connectivity index (χ1n) is 7.89. The smallest absolute Gasteiger partial charge is 0.338 e. The summed E-state index contributed by atoms with van der Waals surface area (Å²) in [7, 11) is 0. The average molecular weight is 345 g/mol. The maximum atomic E-state index is 12.9. The molecule has 2 aromatic carbocycles. The van der Waals surface area contributed by atoms with Gasteiger partial charge >= 0.3 is 5.97 Å². The predicted molar refractivity (Wildman–Crippen MR) is 92.1 cm³/mol. The van der Waals surface area contributed by atoms with E-state index in [1.54, 1.807) is 45.0 Å². The Hall–Kier alpha value is -2.89. The number of esters is 1. The highest BCUT2D eigenvalue weighted by Crippen LogP contribution is 2.15. The Morgan fingerprint density at radius 1 is 0.960 bits per heavy atom. The molecule has 1 atom stereocenters. The summed E-state index contributed by atoms with van der Waals surface area (Å²) in [4.78, 5) is 23.9. The van der Waals surface area contributed by atoms with Crippen LogP contribution in [0.2, 0.25) is 0 Å². The van der Waals surface area contributed by atoms with Gasteiger partial charge in [-0.25, -0.2) is 9.18 Å². The van der Waals surface area contributed by atoms with E-state index < -0.39 is 12.1 Å². The molecule has 1 unspecified atom stereocenters. The van der Waals surface area contributed by atoms with E-state index in [9.17, 15) is 14.0 Å². The molecular formula is C19H20FNO4. The maximum absolute atomic E-state index is 12.9. The first-order chi connectivity index (χ1) is 11.8. The van der Waals surface area contributed by atoms with Crippen LogP contribution in [0.3, 0.4) is 0 Å². The molecule has 0 saturated carbocycles. The van der Waals surface area contributed by atoms with Gasteiger partial charge in [-0.2, -0.15) is 0 Å². The van der Waals surface area contributed by atoms with Gasteiger partial charge < -0.3 is 14.8 Å². The molecule has 0 fully saturated rings. The van der Waals surface area contributed by atoms with Crippen LogP contribution in [0.15, 0.2) is 48.5 Å². The van der Waals surface area contributed by atoms with Crippen LogP contribution in [0.4, 0.5) is 10.1 Å². The van der Waals surface area contributed by atoms with Crippen LogP contribution in [0.25, 0.3) is 0 Å². The van der Waals surface area contributed by atoms with Gasteiger partial charge in [0.05, 0.1) is 11.7 Å². The predicted octanol–water partition coefficient (Wildman–Crippen LogP) is 3.80. The molecular weight excluding hydrogens is 325 g/mol. The third-order valence-electron chi connectivity index (χ3n) is 3.23. The molecule has 0 aliphatic rings. The molecule has 0 saturated heterocycles. The van der Waals surface area contributed by atoms with Crippen molar-refractivity contribution < 1.29 is 23.5 Å². The van der Waals surface area contributed by atoms with Crippen LogP contribution in [0.5, 0.6) is 5.75 Å². The van der Waals surface area contributed by atoms with Gasteiger partial charge in [-0.3, -0.25) is 4.79 Å². The van der Waals surface area contributed by atoms with Crippen molar-refractivity contribution in [2.45, 2.75) is 33.0 Å². The first-order valence-corrected chi connectivity index (χ1v) is 7.89. The van der Waals surface area contributed by atoms with Crippen molar-refractivity contribution in [3.05, 3.63) is 59.9 Å². The average Bonchev–Trinajstić information content (AvgIpc) is 2.57. The minimum Gasteiger partial charge on any atom is -0.481 e. The van der Waals surface area contributed by atoms with Crippen molar-refractivity contribution in [3.63, 3.8) is 0 Å². The summed E-state index contributed by atoms with van der Waals surface area (Å²) < 4.78 is 23.4. The molecule has 5 nitrogen and oxygen atoms in total. The normalized spacial score (nSPS) is 11.7. The Balaban J connectivity index is 1.93. The lowest BCUT2D eigenvalue weighted by molar-refractivity contribution is -0.122. The van der Waals surface area contributed by atoms with Crippen molar-refractivity contribution in [2.75, 3.05) is 5.32 Å². The van der Waals surface area contributed by atoms with E-state index in [0.29, 0.717) is 17.0 Å². The monoisotopic (exact) mass is 345 g/mol. The Morgan fingerprint density at radius 2 is 1.56 bits per heavy atom. The zero-order valence-corrected chi connectivity index (χ0v) is 14.3. The van der Waals surface area contributed by atoms with Crippen molar-refractivity contribution >= 4 is 17.6 Å². The van der Waals surface area contributed by atoms with Gasteiger partial charge in [-0.15, -0.1) is 0 Å². The summed E-state index contributed by atoms with van der Waals surface area (Å²) >= 11 is 0. The summed E-state index contributed by atoms with van der Waals surface area (Å²) in [6.07, 6.45) is -0.965. The van der Waals surface area contributed by atoms with Crippen LogP contribution in [0.1, 0.15) is 31.1 Å². The molecule has 0 spiro atoms. The second-order valence-corrected chi connectivity index (χ2v) is 5.73. The van der Waals surface area contributed by atoms with E-state index >= 15 is 0 Å². The van der Waals surface area contributed by atoms with Crippen LogP contribution < -0.4 is 10.1 Å². The quantitative estimate of drug-likeness (QED) is 0.809. The van der Waals surface area contributed by atoms with Gasteiger partial charge in [0.15, 0.2) is 6.10 Å². The van der Waals surface area contributed by atoms with Gasteiger partial charge in [0, 0.05) is 5.69 Å². The summed E-state index contributed by atoms with van der Waals surface area (Å²) in [5.74, 6) is -0.751. The lowest BCUT2D eigenvalue weighted by Gasteiger charge is -2.15. The first kappa shape index (κ1) is 18.4. The van der Waals surface area contributed by atoms with E-state index in [-0.39, 0.29) is 17.8 Å². The highest BCUT2D eigenvalue weighted by molar-refractivity contribution is 5.95. The van der Waals surface area contributed by atoms with E-state index in [0.717, 1.165) is 0 Å². The zero-order valence-electron chi connectivity index (χ0n) is 14.3. The SMILES string of the molecule is CC(C)OC(=O)c1ccc(NC(=O)C(C)Oc2ccc(F)cc2)cc1. The summed E-state index contributed by atoms with van der Waals surface area (Å²) in [6.45, 7) is 5.14. The number of carbonyl (C=O) groups is 2. The summed E-state index contributed by atoms with van der Waals surface area (Å²) in [5, 5.41) is 2.69. The minimum absolute atomic E-state index is 0.198. The van der Waals surface area contributed by atoms with Gasteiger partial charge in [-0.05, 0) is 69.3 Å². The van der Waals surface area contributed by atoms with Gasteiger partial charge in [0.25, 0.3) is 5.91 Å². The molecule has 0 heterocycles. The van der Waals surface area contributed by atoms with Crippen LogP contribution in [0, 0.1) is 5.82 Å². The second kappa shape index (κ2) is 8.28. The molecule has 1 N–H and O–H groups in total. The van der Waals surface area contributed by atoms with Gasteiger partial charge in [-0.1, -0.05) is 0 Å². The Kier molecular flexibility index (Phi) is 6.11. The van der Waals surface area contributed by atoms with E-state index in [2.05, 4.69) is 5.32 Å². The second-order valence-electron chi connectivity index (χ2n) is 5.73. The number of nitrogens with one attached hydrogen (secondary N) is 1. The Morgan fingerprint density at radius 3 is 2.12 bits per heavy atom. The zero-order chi connectivity index (χ0) is 18.4. The molecule has 25 heavy (non-hydrogen) atoms. The summed E-state index contributed by atoms with van der Waals surface area (Å²) in [6, 6.07) is 11.8. The number of carbonyl (C=O) groups excluding carboxylic acids is 2. The third-order valence-corrected chi connectivity index (χ3v) is 3.23. The van der Waals surface area contributed by atoms with Crippen molar-refractivity contribution in [1.82, 2.24) is 0 Å². The molecule has 2 aromatic rings. The third kappa shape index (κ3) is 5.60. The fourth-order valence-electron chi connectivity index (χ4n) is 1.99. The molecule has 132 valence electrons. The number of rotatable bonds is 6.